The van der Waals surface area contributed by atoms with Crippen LogP contribution in [0.2, 0.25) is 0 Å². The first-order chi connectivity index (χ1) is 12.2. The van der Waals surface area contributed by atoms with Gasteiger partial charge >= 0.3 is 0 Å². The van der Waals surface area contributed by atoms with Gasteiger partial charge in [-0.05, 0) is 29.4 Å². The van der Waals surface area contributed by atoms with E-state index in [1.54, 1.807) is 16.2 Å². The number of amides is 2. The monoisotopic (exact) mass is 373 g/mol. The first-order valence-corrected chi connectivity index (χ1v) is 9.83. The number of benzene rings is 1. The van der Waals surface area contributed by atoms with Crippen molar-refractivity contribution in [3.63, 3.8) is 0 Å². The molecular formula is C20H27N3O2S. The van der Waals surface area contributed by atoms with Gasteiger partial charge in [0.2, 0.25) is 5.91 Å². The van der Waals surface area contributed by atoms with Crippen molar-refractivity contribution in [3.8, 4) is 0 Å². The molecule has 3 rings (SSSR count). The third kappa shape index (κ3) is 3.48. The predicted molar refractivity (Wildman–Crippen MR) is 106 cm³/mol. The molecule has 2 amide bonds. The van der Waals surface area contributed by atoms with Crippen LogP contribution in [-0.4, -0.2) is 53.8 Å². The summed E-state index contributed by atoms with van der Waals surface area (Å²) in [5, 5.41) is 1.14. The first kappa shape index (κ1) is 18.9. The molecule has 1 aromatic carbocycles. The van der Waals surface area contributed by atoms with Crippen molar-refractivity contribution in [2.75, 3.05) is 26.2 Å². The summed E-state index contributed by atoms with van der Waals surface area (Å²) in [5.41, 5.74) is 6.88. The molecule has 1 aliphatic heterocycles. The Bertz CT molecular complexity index is 829. The quantitative estimate of drug-likeness (QED) is 0.880. The van der Waals surface area contributed by atoms with E-state index in [1.165, 1.54) is 0 Å². The number of fused-ring (bicyclic) bond motifs is 1. The van der Waals surface area contributed by atoms with E-state index in [4.69, 9.17) is 5.73 Å². The third-order valence-corrected chi connectivity index (χ3v) is 6.38. The zero-order valence-corrected chi connectivity index (χ0v) is 16.7. The Hall–Kier alpha value is -1.92. The number of piperazine rings is 1. The lowest BCUT2D eigenvalue weighted by Crippen LogP contribution is -2.56. The van der Waals surface area contributed by atoms with Crippen molar-refractivity contribution >= 4 is 33.2 Å². The van der Waals surface area contributed by atoms with E-state index >= 15 is 0 Å². The number of aryl methyl sites for hydroxylation is 1. The summed E-state index contributed by atoms with van der Waals surface area (Å²) in [5.74, 6) is 0.0403. The fourth-order valence-electron chi connectivity index (χ4n) is 3.22. The van der Waals surface area contributed by atoms with Crippen molar-refractivity contribution in [2.24, 2.45) is 11.1 Å². The van der Waals surface area contributed by atoms with Gasteiger partial charge in [-0.1, -0.05) is 39.0 Å². The zero-order valence-electron chi connectivity index (χ0n) is 15.9. The molecule has 2 heterocycles. The van der Waals surface area contributed by atoms with Gasteiger partial charge in [0, 0.05) is 30.9 Å². The normalized spacial score (nSPS) is 16.8. The van der Waals surface area contributed by atoms with Crippen molar-refractivity contribution in [1.29, 1.82) is 0 Å². The highest BCUT2D eigenvalue weighted by Crippen LogP contribution is 2.31. The van der Waals surface area contributed by atoms with Crippen LogP contribution in [0.1, 0.15) is 36.0 Å². The van der Waals surface area contributed by atoms with E-state index in [0.717, 1.165) is 20.5 Å². The average molecular weight is 374 g/mol. The van der Waals surface area contributed by atoms with Crippen LogP contribution in [0.25, 0.3) is 10.1 Å². The van der Waals surface area contributed by atoms with Gasteiger partial charge in [-0.3, -0.25) is 9.59 Å². The molecule has 2 N–H and O–H groups in total. The summed E-state index contributed by atoms with van der Waals surface area (Å²) in [4.78, 5) is 30.0. The molecule has 0 radical (unpaired) electrons. The molecule has 0 unspecified atom stereocenters. The molecule has 1 atom stereocenters. The largest absolute Gasteiger partial charge is 0.338 e. The van der Waals surface area contributed by atoms with Crippen LogP contribution in [0.3, 0.4) is 0 Å². The highest BCUT2D eigenvalue weighted by molar-refractivity contribution is 7.21. The number of hydrogen-bond donors (Lipinski definition) is 1. The summed E-state index contributed by atoms with van der Waals surface area (Å²) in [6.45, 7) is 10.1. The molecule has 26 heavy (non-hydrogen) atoms. The van der Waals surface area contributed by atoms with Crippen LogP contribution < -0.4 is 5.73 Å². The van der Waals surface area contributed by atoms with Gasteiger partial charge in [-0.25, -0.2) is 0 Å². The number of hydrogen-bond acceptors (Lipinski definition) is 4. The van der Waals surface area contributed by atoms with E-state index in [-0.39, 0.29) is 17.2 Å². The van der Waals surface area contributed by atoms with Gasteiger partial charge in [0.15, 0.2) is 0 Å². The number of nitrogens with zero attached hydrogens (tertiary/aromatic N) is 2. The minimum absolute atomic E-state index is 0.0253. The second kappa shape index (κ2) is 7.00. The molecule has 0 spiro atoms. The molecule has 0 bridgehead atoms. The second-order valence-corrected chi connectivity index (χ2v) is 9.07. The summed E-state index contributed by atoms with van der Waals surface area (Å²) in [6, 6.07) is 7.58. The van der Waals surface area contributed by atoms with E-state index < -0.39 is 6.04 Å². The van der Waals surface area contributed by atoms with Gasteiger partial charge in [0.1, 0.15) is 0 Å². The molecule has 0 saturated carbocycles. The Kier molecular flexibility index (Phi) is 5.08. The minimum atomic E-state index is -0.519. The van der Waals surface area contributed by atoms with Crippen molar-refractivity contribution in [3.05, 3.63) is 34.7 Å². The molecule has 6 heteroatoms. The fraction of sp³-hybridized carbons (Fsp3) is 0.500. The average Bonchev–Trinajstić information content (AvgIpc) is 2.96. The second-order valence-electron chi connectivity index (χ2n) is 8.01. The molecule has 2 aromatic rings. The summed E-state index contributed by atoms with van der Waals surface area (Å²) in [6.07, 6.45) is 0. The maximum atomic E-state index is 13.0. The number of thiophene rings is 1. The van der Waals surface area contributed by atoms with E-state index in [1.807, 2.05) is 50.8 Å². The molecule has 0 aliphatic carbocycles. The topological polar surface area (TPSA) is 66.6 Å². The summed E-state index contributed by atoms with van der Waals surface area (Å²) in [7, 11) is 0. The lowest BCUT2D eigenvalue weighted by Gasteiger charge is -2.38. The lowest BCUT2D eigenvalue weighted by molar-refractivity contribution is -0.136. The number of nitrogens with two attached hydrogens (primary N) is 1. The summed E-state index contributed by atoms with van der Waals surface area (Å²) < 4.78 is 1.14. The molecule has 1 fully saturated rings. The number of rotatable bonds is 2. The van der Waals surface area contributed by atoms with E-state index in [9.17, 15) is 9.59 Å². The third-order valence-electron chi connectivity index (χ3n) is 5.12. The molecule has 5 nitrogen and oxygen atoms in total. The van der Waals surface area contributed by atoms with Crippen LogP contribution in [0, 0.1) is 12.3 Å². The lowest BCUT2D eigenvalue weighted by atomic mass is 9.86. The van der Waals surface area contributed by atoms with E-state index in [2.05, 4.69) is 6.07 Å². The molecule has 1 saturated heterocycles. The Morgan fingerprint density at radius 2 is 1.65 bits per heavy atom. The van der Waals surface area contributed by atoms with E-state index in [0.29, 0.717) is 26.2 Å². The van der Waals surface area contributed by atoms with Crippen LogP contribution in [0.5, 0.6) is 0 Å². The highest BCUT2D eigenvalue weighted by atomic mass is 32.1. The predicted octanol–water partition coefficient (Wildman–Crippen LogP) is 2.87. The smallest absolute Gasteiger partial charge is 0.264 e. The standard InChI is InChI=1S/C20H27N3O2S/c1-13-14-7-5-6-8-15(14)26-16(13)18(24)22-9-11-23(12-10-22)19(25)17(21)20(2,3)4/h5-8,17H,9-12,21H2,1-4H3/t17-/m1/s1. The van der Waals surface area contributed by atoms with Crippen molar-refractivity contribution in [1.82, 2.24) is 9.80 Å². The van der Waals surface area contributed by atoms with Gasteiger partial charge in [0.25, 0.3) is 5.91 Å². The first-order valence-electron chi connectivity index (χ1n) is 9.02. The molecular weight excluding hydrogens is 346 g/mol. The van der Waals surface area contributed by atoms with Gasteiger partial charge < -0.3 is 15.5 Å². The van der Waals surface area contributed by atoms with Crippen molar-refractivity contribution < 1.29 is 9.59 Å². The Balaban J connectivity index is 1.69. The van der Waals surface area contributed by atoms with Gasteiger partial charge in [-0.15, -0.1) is 11.3 Å². The summed E-state index contributed by atoms with van der Waals surface area (Å²) >= 11 is 1.55. The zero-order chi connectivity index (χ0) is 19.1. The van der Waals surface area contributed by atoms with Gasteiger partial charge in [0.05, 0.1) is 10.9 Å². The maximum absolute atomic E-state index is 13.0. The fourth-order valence-corrected chi connectivity index (χ4v) is 4.40. The molecule has 1 aliphatic rings. The van der Waals surface area contributed by atoms with Crippen LogP contribution in [0.15, 0.2) is 24.3 Å². The molecule has 1 aromatic heterocycles. The Morgan fingerprint density at radius 3 is 2.23 bits per heavy atom. The maximum Gasteiger partial charge on any atom is 0.264 e. The van der Waals surface area contributed by atoms with Crippen molar-refractivity contribution in [2.45, 2.75) is 33.7 Å². The Labute approximate surface area is 158 Å². The Morgan fingerprint density at radius 1 is 1.08 bits per heavy atom. The van der Waals surface area contributed by atoms with Crippen LogP contribution in [0.4, 0.5) is 0 Å². The van der Waals surface area contributed by atoms with Crippen LogP contribution in [-0.2, 0) is 4.79 Å². The van der Waals surface area contributed by atoms with Gasteiger partial charge in [-0.2, -0.15) is 0 Å². The highest BCUT2D eigenvalue weighted by Gasteiger charge is 2.33. The van der Waals surface area contributed by atoms with Crippen LogP contribution >= 0.6 is 11.3 Å². The number of carbonyl (C=O) groups excluding carboxylic acids is 2. The number of carbonyl (C=O) groups is 2. The molecule has 140 valence electrons. The SMILES string of the molecule is Cc1c(C(=O)N2CCN(C(=O)[C@@H](N)C(C)(C)C)CC2)sc2ccccc12. The minimum Gasteiger partial charge on any atom is -0.338 e.